The van der Waals surface area contributed by atoms with Gasteiger partial charge in [-0.15, -0.1) is 0 Å². The van der Waals surface area contributed by atoms with Gasteiger partial charge >= 0.3 is 5.97 Å². The maximum Gasteiger partial charge on any atom is 0.336 e. The summed E-state index contributed by atoms with van der Waals surface area (Å²) in [6.07, 6.45) is 11.4. The molecule has 194 valence electrons. The molecule has 5 heteroatoms. The molecule has 0 spiro atoms. The van der Waals surface area contributed by atoms with Crippen LogP contribution >= 0.6 is 0 Å². The molecule has 38 heavy (non-hydrogen) atoms. The number of carbonyl (C=O) groups is 1. The fraction of sp³-hybridized carbons (Fsp3) is 0.424. The van der Waals surface area contributed by atoms with Crippen molar-refractivity contribution in [3.05, 3.63) is 86.2 Å². The van der Waals surface area contributed by atoms with Gasteiger partial charge in [-0.2, -0.15) is 0 Å². The first-order chi connectivity index (χ1) is 18.6. The van der Waals surface area contributed by atoms with Crippen molar-refractivity contribution in [2.45, 2.75) is 64.3 Å². The Morgan fingerprint density at radius 3 is 2.66 bits per heavy atom. The molecule has 0 bridgehead atoms. The molecule has 0 saturated carbocycles. The molecule has 0 aromatic heterocycles. The van der Waals surface area contributed by atoms with Crippen LogP contribution in [0.2, 0.25) is 0 Å². The van der Waals surface area contributed by atoms with Gasteiger partial charge in [-0.25, -0.2) is 4.79 Å². The smallest absolute Gasteiger partial charge is 0.336 e. The molecule has 0 radical (unpaired) electrons. The largest absolute Gasteiger partial charge is 0.478 e. The van der Waals surface area contributed by atoms with Gasteiger partial charge in [0.15, 0.2) is 0 Å². The van der Waals surface area contributed by atoms with Gasteiger partial charge < -0.3 is 19.6 Å². The van der Waals surface area contributed by atoms with Crippen molar-refractivity contribution in [1.29, 1.82) is 0 Å². The van der Waals surface area contributed by atoms with Crippen LogP contribution < -0.4 is 14.5 Å². The van der Waals surface area contributed by atoms with Crippen molar-refractivity contribution in [2.75, 3.05) is 31.1 Å². The van der Waals surface area contributed by atoms with Crippen molar-refractivity contribution in [2.24, 2.45) is 0 Å². The Balaban J connectivity index is 1.47. The summed E-state index contributed by atoms with van der Waals surface area (Å²) in [4.78, 5) is 16.9. The minimum atomic E-state index is -0.864. The Kier molecular flexibility index (Phi) is 4.97. The lowest BCUT2D eigenvalue weighted by Gasteiger charge is -2.44. The SMILES string of the molecule is Cc1ccc(C2=C3C=C4CCC[NH+]5CCCC(=C3Oc3c2cc2c6c3CCCN6CCC2)C45)c(C(=O)O)c1. The molecular weight excluding hydrogens is 472 g/mol. The number of piperidine rings is 2. The monoisotopic (exact) mass is 507 g/mol. The Bertz CT molecular complexity index is 1510. The number of fused-ring (bicyclic) bond motifs is 3. The number of aryl methyl sites for hydroxylation is 2. The van der Waals surface area contributed by atoms with Gasteiger partial charge in [-0.1, -0.05) is 17.7 Å². The van der Waals surface area contributed by atoms with Gasteiger partial charge in [0.25, 0.3) is 0 Å². The average Bonchev–Trinajstić information content (AvgIpc) is 2.93. The van der Waals surface area contributed by atoms with E-state index >= 15 is 0 Å². The number of hydrogen-bond acceptors (Lipinski definition) is 3. The van der Waals surface area contributed by atoms with Crippen molar-refractivity contribution < 1.29 is 19.5 Å². The van der Waals surface area contributed by atoms with E-state index in [2.05, 4.69) is 23.1 Å². The molecule has 5 aliphatic heterocycles. The first kappa shape index (κ1) is 22.7. The minimum absolute atomic E-state index is 0.387. The Labute approximate surface area is 224 Å². The van der Waals surface area contributed by atoms with Crippen molar-refractivity contribution in [3.63, 3.8) is 0 Å². The molecule has 2 atom stereocenters. The van der Waals surface area contributed by atoms with Crippen LogP contribution in [-0.4, -0.2) is 43.3 Å². The highest BCUT2D eigenvalue weighted by Gasteiger charge is 2.44. The third-order valence-corrected chi connectivity index (χ3v) is 9.79. The Morgan fingerprint density at radius 1 is 1.00 bits per heavy atom. The van der Waals surface area contributed by atoms with E-state index in [1.54, 1.807) is 4.90 Å². The highest BCUT2D eigenvalue weighted by molar-refractivity contribution is 6.01. The second kappa shape index (κ2) is 8.34. The lowest BCUT2D eigenvalue weighted by molar-refractivity contribution is -0.922. The second-order valence-corrected chi connectivity index (χ2v) is 12.1. The molecule has 2 aromatic rings. The molecule has 2 N–H and O–H groups in total. The number of rotatable bonds is 2. The number of quaternary nitrogens is 1. The lowest BCUT2D eigenvalue weighted by atomic mass is 9.74. The number of hydrogen-bond donors (Lipinski definition) is 2. The first-order valence-electron chi connectivity index (χ1n) is 14.6. The maximum absolute atomic E-state index is 12.6. The van der Waals surface area contributed by atoms with E-state index in [1.807, 2.05) is 19.1 Å². The number of nitrogens with one attached hydrogen (secondary N) is 1. The van der Waals surface area contributed by atoms with E-state index in [0.29, 0.717) is 11.6 Å². The predicted octanol–water partition coefficient (Wildman–Crippen LogP) is 4.62. The van der Waals surface area contributed by atoms with E-state index in [1.165, 1.54) is 60.3 Å². The normalized spacial score (nSPS) is 25.1. The molecule has 2 saturated heterocycles. The van der Waals surface area contributed by atoms with Crippen LogP contribution in [0.5, 0.6) is 5.75 Å². The number of nitrogens with zero attached hydrogens (tertiary/aromatic N) is 1. The highest BCUT2D eigenvalue weighted by atomic mass is 16.5. The van der Waals surface area contributed by atoms with Gasteiger partial charge in [0.2, 0.25) is 0 Å². The summed E-state index contributed by atoms with van der Waals surface area (Å²) in [5.74, 6) is 1.16. The number of aromatic carboxylic acids is 1. The molecule has 6 aliphatic rings. The van der Waals surface area contributed by atoms with Crippen molar-refractivity contribution in [3.8, 4) is 5.75 Å². The topological polar surface area (TPSA) is 54.2 Å². The number of ether oxygens (including phenoxy) is 1. The van der Waals surface area contributed by atoms with Crippen LogP contribution in [0.25, 0.3) is 5.57 Å². The number of allylic oxidation sites excluding steroid dienone is 1. The molecule has 1 aliphatic carbocycles. The van der Waals surface area contributed by atoms with E-state index in [4.69, 9.17) is 4.74 Å². The molecule has 5 nitrogen and oxygen atoms in total. The minimum Gasteiger partial charge on any atom is -0.478 e. The molecule has 2 unspecified atom stereocenters. The van der Waals surface area contributed by atoms with Crippen LogP contribution in [0.1, 0.15) is 76.7 Å². The lowest BCUT2D eigenvalue weighted by Crippen LogP contribution is -3.18. The van der Waals surface area contributed by atoms with Gasteiger partial charge in [0.05, 0.1) is 18.7 Å². The summed E-state index contributed by atoms with van der Waals surface area (Å²) in [7, 11) is 0. The Hall–Kier alpha value is -3.31. The highest BCUT2D eigenvalue weighted by Crippen LogP contribution is 2.53. The number of benzene rings is 2. The third-order valence-electron chi connectivity index (χ3n) is 9.79. The molecule has 2 fully saturated rings. The fourth-order valence-corrected chi connectivity index (χ4v) is 8.31. The zero-order chi connectivity index (χ0) is 25.5. The van der Waals surface area contributed by atoms with E-state index in [9.17, 15) is 9.90 Å². The predicted molar refractivity (Wildman–Crippen MR) is 148 cm³/mol. The van der Waals surface area contributed by atoms with Crippen molar-refractivity contribution in [1.82, 2.24) is 0 Å². The summed E-state index contributed by atoms with van der Waals surface area (Å²) in [6, 6.07) is 8.72. The number of carboxylic acids is 1. The van der Waals surface area contributed by atoms with Gasteiger partial charge in [-0.3, -0.25) is 0 Å². The van der Waals surface area contributed by atoms with Crippen LogP contribution in [0.4, 0.5) is 5.69 Å². The Morgan fingerprint density at radius 2 is 1.82 bits per heavy atom. The summed E-state index contributed by atoms with van der Waals surface area (Å²) in [6.45, 7) is 6.68. The van der Waals surface area contributed by atoms with Gasteiger partial charge in [-0.05, 0) is 80.4 Å². The summed E-state index contributed by atoms with van der Waals surface area (Å²) in [5, 5.41) is 10.3. The van der Waals surface area contributed by atoms with Crippen LogP contribution in [0, 0.1) is 6.92 Å². The summed E-state index contributed by atoms with van der Waals surface area (Å²) in [5.41, 5.74) is 12.6. The van der Waals surface area contributed by atoms with Crippen LogP contribution in [0.3, 0.4) is 0 Å². The zero-order valence-electron chi connectivity index (χ0n) is 22.2. The first-order valence-corrected chi connectivity index (χ1v) is 14.6. The fourth-order valence-electron chi connectivity index (χ4n) is 8.31. The molecule has 5 heterocycles. The zero-order valence-corrected chi connectivity index (χ0v) is 22.2. The van der Waals surface area contributed by atoms with Crippen LogP contribution in [0.15, 0.2) is 52.8 Å². The second-order valence-electron chi connectivity index (χ2n) is 12.1. The average molecular weight is 508 g/mol. The third kappa shape index (κ3) is 3.17. The molecular formula is C33H35N2O3+. The van der Waals surface area contributed by atoms with E-state index in [-0.39, 0.29) is 0 Å². The van der Waals surface area contributed by atoms with E-state index < -0.39 is 5.97 Å². The van der Waals surface area contributed by atoms with Gasteiger partial charge in [0, 0.05) is 59.5 Å². The standard InChI is InChI=1S/C33H34N2O3/c1-19-10-11-22(25(16-19)33(36)37)28-26-17-20-6-2-12-34-14-4-8-23(29(20)34)31(26)38-32-24-9-5-15-35-13-3-7-21(30(24)35)18-27(28)32/h10-11,16-18,29H,2-9,12-15H2,1H3,(H,36,37)/p+1. The summed E-state index contributed by atoms with van der Waals surface area (Å²) < 4.78 is 7.11. The number of anilines is 1. The summed E-state index contributed by atoms with van der Waals surface area (Å²) >= 11 is 0. The van der Waals surface area contributed by atoms with Crippen LogP contribution in [-0.2, 0) is 12.8 Å². The maximum atomic E-state index is 12.6. The molecule has 2 aromatic carbocycles. The number of carboxylic acid groups (broad SMARTS) is 1. The van der Waals surface area contributed by atoms with E-state index in [0.717, 1.165) is 84.5 Å². The molecule has 8 rings (SSSR count). The molecule has 0 amide bonds. The van der Waals surface area contributed by atoms with Gasteiger partial charge in [0.1, 0.15) is 17.6 Å². The quantitative estimate of drug-likeness (QED) is 0.623. The van der Waals surface area contributed by atoms with Crippen molar-refractivity contribution >= 4 is 17.2 Å².